The Balaban J connectivity index is 1.59. The van der Waals surface area contributed by atoms with E-state index in [-0.39, 0.29) is 24.1 Å². The molecule has 2 amide bonds. The first kappa shape index (κ1) is 18.1. The van der Waals surface area contributed by atoms with Crippen LogP contribution in [0.1, 0.15) is 24.8 Å². The number of nitrogens with zero attached hydrogens (tertiary/aromatic N) is 1. The van der Waals surface area contributed by atoms with Gasteiger partial charge in [-0.1, -0.05) is 11.6 Å². The lowest BCUT2D eigenvalue weighted by Crippen LogP contribution is -2.52. The quantitative estimate of drug-likeness (QED) is 0.764. The van der Waals surface area contributed by atoms with E-state index in [0.717, 1.165) is 18.9 Å². The van der Waals surface area contributed by atoms with E-state index in [1.54, 1.807) is 0 Å². The molecule has 2 atom stereocenters. The summed E-state index contributed by atoms with van der Waals surface area (Å²) in [6.07, 6.45) is 1.81. The molecule has 2 aliphatic rings. The number of amides is 2. The number of hydrogen-bond donors (Lipinski definition) is 2. The Hall–Kier alpha value is -1.70. The van der Waals surface area contributed by atoms with E-state index in [0.29, 0.717) is 25.3 Å². The molecule has 3 rings (SSSR count). The molecule has 2 aliphatic heterocycles. The number of likely N-dealkylation sites (tertiary alicyclic amines) is 1. The second kappa shape index (κ2) is 7.27. The Labute approximate surface area is 149 Å². The van der Waals surface area contributed by atoms with Crippen LogP contribution in [0.4, 0.5) is 4.39 Å². The fourth-order valence-corrected chi connectivity index (χ4v) is 3.47. The van der Waals surface area contributed by atoms with Crippen LogP contribution in [-0.2, 0) is 20.9 Å². The SMILES string of the molecule is O=C(NCc1cc(F)cc(Cl)c1)[C@@]1(O)CCN(C[C@@H]2CCCO2)C1=O. The van der Waals surface area contributed by atoms with Gasteiger partial charge in [-0.25, -0.2) is 4.39 Å². The minimum absolute atomic E-state index is 0.0221. The predicted octanol–water partition coefficient (Wildman–Crippen LogP) is 1.24. The molecule has 0 spiro atoms. The van der Waals surface area contributed by atoms with Gasteiger partial charge in [0.05, 0.1) is 6.10 Å². The van der Waals surface area contributed by atoms with E-state index in [2.05, 4.69) is 5.32 Å². The molecule has 2 heterocycles. The zero-order valence-electron chi connectivity index (χ0n) is 13.6. The average molecular weight is 371 g/mol. The van der Waals surface area contributed by atoms with Crippen LogP contribution in [0, 0.1) is 5.82 Å². The van der Waals surface area contributed by atoms with Crippen LogP contribution < -0.4 is 5.32 Å². The maximum absolute atomic E-state index is 13.3. The van der Waals surface area contributed by atoms with Crippen LogP contribution in [0.2, 0.25) is 5.02 Å². The van der Waals surface area contributed by atoms with E-state index in [9.17, 15) is 19.1 Å². The first-order chi connectivity index (χ1) is 11.9. The minimum atomic E-state index is -2.09. The first-order valence-corrected chi connectivity index (χ1v) is 8.63. The summed E-state index contributed by atoms with van der Waals surface area (Å²) < 4.78 is 18.8. The van der Waals surface area contributed by atoms with Gasteiger partial charge in [-0.3, -0.25) is 9.59 Å². The second-order valence-electron chi connectivity index (χ2n) is 6.46. The molecule has 0 unspecified atom stereocenters. The summed E-state index contributed by atoms with van der Waals surface area (Å²) in [5.41, 5.74) is -1.64. The third kappa shape index (κ3) is 3.94. The van der Waals surface area contributed by atoms with Gasteiger partial charge in [-0.15, -0.1) is 0 Å². The van der Waals surface area contributed by atoms with Crippen LogP contribution in [-0.4, -0.2) is 53.2 Å². The van der Waals surface area contributed by atoms with Crippen molar-refractivity contribution in [2.75, 3.05) is 19.7 Å². The molecule has 2 saturated heterocycles. The van der Waals surface area contributed by atoms with Crippen molar-refractivity contribution in [2.45, 2.75) is 37.5 Å². The summed E-state index contributed by atoms with van der Waals surface area (Å²) in [6.45, 7) is 1.33. The Kier molecular flexibility index (Phi) is 5.27. The number of rotatable bonds is 5. The highest BCUT2D eigenvalue weighted by atomic mass is 35.5. The number of ether oxygens (including phenoxy) is 1. The van der Waals surface area contributed by atoms with E-state index >= 15 is 0 Å². The zero-order chi connectivity index (χ0) is 18.0. The summed E-state index contributed by atoms with van der Waals surface area (Å²) in [5.74, 6) is -1.92. The second-order valence-corrected chi connectivity index (χ2v) is 6.89. The molecular weight excluding hydrogens is 351 g/mol. The molecule has 0 saturated carbocycles. The summed E-state index contributed by atoms with van der Waals surface area (Å²) in [6, 6.07) is 3.90. The molecule has 2 N–H and O–H groups in total. The summed E-state index contributed by atoms with van der Waals surface area (Å²) in [7, 11) is 0. The third-order valence-electron chi connectivity index (χ3n) is 4.58. The third-order valence-corrected chi connectivity index (χ3v) is 4.80. The van der Waals surface area contributed by atoms with Gasteiger partial charge in [0.1, 0.15) is 5.82 Å². The number of carbonyl (C=O) groups is 2. The number of halogens is 2. The maximum atomic E-state index is 13.3. The van der Waals surface area contributed by atoms with E-state index in [4.69, 9.17) is 16.3 Å². The van der Waals surface area contributed by atoms with Gasteiger partial charge in [0.2, 0.25) is 5.60 Å². The minimum Gasteiger partial charge on any atom is -0.376 e. The lowest BCUT2D eigenvalue weighted by Gasteiger charge is -2.23. The van der Waals surface area contributed by atoms with Gasteiger partial charge in [0.25, 0.3) is 11.8 Å². The molecule has 0 radical (unpaired) electrons. The monoisotopic (exact) mass is 370 g/mol. The van der Waals surface area contributed by atoms with Gasteiger partial charge < -0.3 is 20.1 Å². The molecule has 25 heavy (non-hydrogen) atoms. The van der Waals surface area contributed by atoms with E-state index in [1.807, 2.05) is 0 Å². The molecular formula is C17H20ClFN2O4. The highest BCUT2D eigenvalue weighted by Crippen LogP contribution is 2.25. The molecule has 6 nitrogen and oxygen atoms in total. The van der Waals surface area contributed by atoms with Crippen molar-refractivity contribution in [3.8, 4) is 0 Å². The highest BCUT2D eigenvalue weighted by Gasteiger charge is 2.51. The average Bonchev–Trinajstić information content (AvgIpc) is 3.16. The van der Waals surface area contributed by atoms with Crippen molar-refractivity contribution >= 4 is 23.4 Å². The largest absolute Gasteiger partial charge is 0.376 e. The molecule has 2 fully saturated rings. The highest BCUT2D eigenvalue weighted by molar-refractivity contribution is 6.30. The van der Waals surface area contributed by atoms with Crippen LogP contribution >= 0.6 is 11.6 Å². The van der Waals surface area contributed by atoms with Gasteiger partial charge >= 0.3 is 0 Å². The van der Waals surface area contributed by atoms with Crippen molar-refractivity contribution in [1.29, 1.82) is 0 Å². The molecule has 0 aliphatic carbocycles. The molecule has 0 bridgehead atoms. The molecule has 1 aromatic carbocycles. The van der Waals surface area contributed by atoms with Gasteiger partial charge in [-0.2, -0.15) is 0 Å². The fourth-order valence-electron chi connectivity index (χ4n) is 3.23. The van der Waals surface area contributed by atoms with Crippen molar-refractivity contribution in [1.82, 2.24) is 10.2 Å². The maximum Gasteiger partial charge on any atom is 0.264 e. The summed E-state index contributed by atoms with van der Waals surface area (Å²) >= 11 is 5.77. The van der Waals surface area contributed by atoms with Gasteiger partial charge in [0.15, 0.2) is 0 Å². The number of carbonyl (C=O) groups excluding carboxylic acids is 2. The number of aliphatic hydroxyl groups is 1. The molecule has 8 heteroatoms. The zero-order valence-corrected chi connectivity index (χ0v) is 14.4. The van der Waals surface area contributed by atoms with Crippen molar-refractivity contribution < 1.29 is 23.8 Å². The van der Waals surface area contributed by atoms with E-state index < -0.39 is 23.2 Å². The Bertz CT molecular complexity index is 660. The van der Waals surface area contributed by atoms with E-state index in [1.165, 1.54) is 17.0 Å². The van der Waals surface area contributed by atoms with Crippen LogP contribution in [0.25, 0.3) is 0 Å². The Morgan fingerprint density at radius 2 is 2.28 bits per heavy atom. The molecule has 0 aromatic heterocycles. The topological polar surface area (TPSA) is 78.9 Å². The Morgan fingerprint density at radius 1 is 1.48 bits per heavy atom. The lowest BCUT2D eigenvalue weighted by molar-refractivity contribution is -0.155. The van der Waals surface area contributed by atoms with Crippen LogP contribution in [0.3, 0.4) is 0 Å². The predicted molar refractivity (Wildman–Crippen MR) is 88.4 cm³/mol. The number of benzene rings is 1. The first-order valence-electron chi connectivity index (χ1n) is 8.25. The number of nitrogens with one attached hydrogen (secondary N) is 1. The smallest absolute Gasteiger partial charge is 0.264 e. The number of hydrogen-bond acceptors (Lipinski definition) is 4. The molecule has 136 valence electrons. The van der Waals surface area contributed by atoms with Crippen LogP contribution in [0.15, 0.2) is 18.2 Å². The van der Waals surface area contributed by atoms with Gasteiger partial charge in [-0.05, 0) is 36.6 Å². The lowest BCUT2D eigenvalue weighted by atomic mass is 10.0. The van der Waals surface area contributed by atoms with Gasteiger partial charge in [0, 0.05) is 37.7 Å². The van der Waals surface area contributed by atoms with Crippen molar-refractivity contribution in [3.05, 3.63) is 34.6 Å². The summed E-state index contributed by atoms with van der Waals surface area (Å²) in [5, 5.41) is 13.2. The van der Waals surface area contributed by atoms with Crippen molar-refractivity contribution in [3.63, 3.8) is 0 Å². The standard InChI is InChI=1S/C17H20ClFN2O4/c18-12-6-11(7-13(19)8-12)9-20-15(22)17(24)3-4-21(16(17)23)10-14-2-1-5-25-14/h6-8,14,24H,1-5,9-10H2,(H,20,22)/t14-,17-/m0/s1. The van der Waals surface area contributed by atoms with Crippen molar-refractivity contribution in [2.24, 2.45) is 0 Å². The van der Waals surface area contributed by atoms with Crippen LogP contribution in [0.5, 0.6) is 0 Å². The molecule has 1 aromatic rings. The normalized spacial score (nSPS) is 26.3. The fraction of sp³-hybridized carbons (Fsp3) is 0.529. The summed E-state index contributed by atoms with van der Waals surface area (Å²) in [4.78, 5) is 26.3. The Morgan fingerprint density at radius 3 is 2.96 bits per heavy atom.